The highest BCUT2D eigenvalue weighted by Crippen LogP contribution is 2.37. The third kappa shape index (κ3) is 1.82. The SMILES string of the molecule is COc1ccsc1C(N)c1cccc2ccsc12. The minimum Gasteiger partial charge on any atom is -0.496 e. The number of benzene rings is 1. The Bertz CT molecular complexity index is 671. The van der Waals surface area contributed by atoms with Gasteiger partial charge in [-0.2, -0.15) is 0 Å². The molecule has 2 aromatic heterocycles. The van der Waals surface area contributed by atoms with Gasteiger partial charge in [-0.15, -0.1) is 22.7 Å². The van der Waals surface area contributed by atoms with Crippen molar-refractivity contribution in [1.82, 2.24) is 0 Å². The van der Waals surface area contributed by atoms with Crippen molar-refractivity contribution in [1.29, 1.82) is 0 Å². The standard InChI is InChI=1S/C14H13NOS2/c1-16-11-6-8-18-14(11)12(15)10-4-2-3-9-5-7-17-13(9)10/h2-8,12H,15H2,1H3. The number of hydrogen-bond acceptors (Lipinski definition) is 4. The van der Waals surface area contributed by atoms with Crippen molar-refractivity contribution in [2.75, 3.05) is 7.11 Å². The molecule has 0 aliphatic rings. The van der Waals surface area contributed by atoms with Gasteiger partial charge in [0.1, 0.15) is 5.75 Å². The minimum atomic E-state index is -0.123. The van der Waals surface area contributed by atoms with Crippen LogP contribution in [0.4, 0.5) is 0 Å². The predicted octanol–water partition coefficient (Wildman–Crippen LogP) is 4.02. The summed E-state index contributed by atoms with van der Waals surface area (Å²) in [5.41, 5.74) is 7.57. The molecule has 3 rings (SSSR count). The fourth-order valence-electron chi connectivity index (χ4n) is 2.11. The van der Waals surface area contributed by atoms with Crippen molar-refractivity contribution in [3.05, 3.63) is 51.5 Å². The Labute approximate surface area is 114 Å². The van der Waals surface area contributed by atoms with E-state index in [1.807, 2.05) is 11.4 Å². The van der Waals surface area contributed by atoms with Crippen LogP contribution in [0.15, 0.2) is 41.1 Å². The molecule has 0 fully saturated rings. The topological polar surface area (TPSA) is 35.2 Å². The molecule has 1 aromatic carbocycles. The van der Waals surface area contributed by atoms with Gasteiger partial charge < -0.3 is 10.5 Å². The summed E-state index contributed by atoms with van der Waals surface area (Å²) in [7, 11) is 1.68. The van der Waals surface area contributed by atoms with Crippen LogP contribution < -0.4 is 10.5 Å². The zero-order valence-electron chi connectivity index (χ0n) is 9.92. The summed E-state index contributed by atoms with van der Waals surface area (Å²) < 4.78 is 6.62. The number of nitrogens with two attached hydrogens (primary N) is 1. The molecule has 2 nitrogen and oxygen atoms in total. The van der Waals surface area contributed by atoms with E-state index in [0.29, 0.717) is 0 Å². The zero-order valence-corrected chi connectivity index (χ0v) is 11.6. The van der Waals surface area contributed by atoms with Crippen LogP contribution in [0.25, 0.3) is 10.1 Å². The van der Waals surface area contributed by atoms with E-state index in [1.54, 1.807) is 29.8 Å². The molecule has 0 spiro atoms. The normalized spacial score (nSPS) is 12.8. The summed E-state index contributed by atoms with van der Waals surface area (Å²) in [6.45, 7) is 0. The molecule has 0 aliphatic carbocycles. The molecule has 3 aromatic rings. The molecular formula is C14H13NOS2. The molecule has 1 unspecified atom stereocenters. The van der Waals surface area contributed by atoms with Gasteiger partial charge in [-0.25, -0.2) is 0 Å². The summed E-state index contributed by atoms with van der Waals surface area (Å²) in [4.78, 5) is 1.08. The van der Waals surface area contributed by atoms with Crippen molar-refractivity contribution in [3.63, 3.8) is 0 Å². The van der Waals surface area contributed by atoms with Crippen LogP contribution >= 0.6 is 22.7 Å². The average Bonchev–Trinajstić information content (AvgIpc) is 3.05. The first-order valence-corrected chi connectivity index (χ1v) is 7.40. The lowest BCUT2D eigenvalue weighted by molar-refractivity contribution is 0.411. The Morgan fingerprint density at radius 3 is 2.78 bits per heavy atom. The molecule has 0 radical (unpaired) electrons. The van der Waals surface area contributed by atoms with Crippen LogP contribution in [-0.4, -0.2) is 7.11 Å². The Hall–Kier alpha value is -1.36. The lowest BCUT2D eigenvalue weighted by Gasteiger charge is -2.13. The highest BCUT2D eigenvalue weighted by atomic mass is 32.1. The minimum absolute atomic E-state index is 0.123. The lowest BCUT2D eigenvalue weighted by Crippen LogP contribution is -2.11. The van der Waals surface area contributed by atoms with Gasteiger partial charge in [-0.05, 0) is 33.8 Å². The molecule has 0 saturated carbocycles. The molecule has 0 aliphatic heterocycles. The predicted molar refractivity (Wildman–Crippen MR) is 78.7 cm³/mol. The lowest BCUT2D eigenvalue weighted by atomic mass is 10.0. The van der Waals surface area contributed by atoms with E-state index in [4.69, 9.17) is 10.5 Å². The molecule has 0 bridgehead atoms. The number of fused-ring (bicyclic) bond motifs is 1. The molecule has 1 atom stereocenters. The highest BCUT2D eigenvalue weighted by Gasteiger charge is 2.18. The van der Waals surface area contributed by atoms with Crippen molar-refractivity contribution in [2.45, 2.75) is 6.04 Å². The Kier molecular flexibility index (Phi) is 3.07. The molecular weight excluding hydrogens is 262 g/mol. The first-order chi connectivity index (χ1) is 8.81. The summed E-state index contributed by atoms with van der Waals surface area (Å²) in [6.07, 6.45) is 0. The van der Waals surface area contributed by atoms with Crippen LogP contribution in [0.2, 0.25) is 0 Å². The Morgan fingerprint density at radius 2 is 1.94 bits per heavy atom. The van der Waals surface area contributed by atoms with E-state index < -0.39 is 0 Å². The van der Waals surface area contributed by atoms with Gasteiger partial charge in [0.25, 0.3) is 0 Å². The summed E-state index contributed by atoms with van der Waals surface area (Å²) in [5.74, 6) is 0.876. The second-order valence-electron chi connectivity index (χ2n) is 4.02. The second kappa shape index (κ2) is 4.72. The maximum absolute atomic E-state index is 6.40. The van der Waals surface area contributed by atoms with Crippen molar-refractivity contribution >= 4 is 32.8 Å². The maximum atomic E-state index is 6.40. The molecule has 18 heavy (non-hydrogen) atoms. The first-order valence-electron chi connectivity index (χ1n) is 5.64. The largest absolute Gasteiger partial charge is 0.496 e. The van der Waals surface area contributed by atoms with E-state index in [0.717, 1.165) is 10.6 Å². The van der Waals surface area contributed by atoms with Gasteiger partial charge in [-0.3, -0.25) is 0 Å². The molecule has 92 valence electrons. The number of rotatable bonds is 3. The van der Waals surface area contributed by atoms with E-state index in [1.165, 1.54) is 15.6 Å². The van der Waals surface area contributed by atoms with Gasteiger partial charge in [0.2, 0.25) is 0 Å². The number of methoxy groups -OCH3 is 1. The van der Waals surface area contributed by atoms with Gasteiger partial charge in [0.15, 0.2) is 0 Å². The van der Waals surface area contributed by atoms with E-state index >= 15 is 0 Å². The Balaban J connectivity index is 2.12. The molecule has 0 saturated heterocycles. The number of thiophene rings is 2. The second-order valence-corrected chi connectivity index (χ2v) is 5.88. The van der Waals surface area contributed by atoms with Crippen LogP contribution in [0.5, 0.6) is 5.75 Å². The van der Waals surface area contributed by atoms with Gasteiger partial charge in [0.05, 0.1) is 18.0 Å². The molecule has 4 heteroatoms. The van der Waals surface area contributed by atoms with Crippen molar-refractivity contribution in [2.24, 2.45) is 5.73 Å². The van der Waals surface area contributed by atoms with E-state index in [2.05, 4.69) is 29.6 Å². The van der Waals surface area contributed by atoms with Crippen LogP contribution in [0, 0.1) is 0 Å². The number of hydrogen-bond donors (Lipinski definition) is 1. The number of ether oxygens (including phenoxy) is 1. The summed E-state index contributed by atoms with van der Waals surface area (Å²) in [5, 5.41) is 5.37. The third-order valence-corrected chi connectivity index (χ3v) is 4.96. The van der Waals surface area contributed by atoms with Crippen LogP contribution in [0.1, 0.15) is 16.5 Å². The van der Waals surface area contributed by atoms with Crippen LogP contribution in [-0.2, 0) is 0 Å². The molecule has 0 amide bonds. The average molecular weight is 275 g/mol. The van der Waals surface area contributed by atoms with Gasteiger partial charge in [-0.1, -0.05) is 18.2 Å². The fraction of sp³-hybridized carbons (Fsp3) is 0.143. The summed E-state index contributed by atoms with van der Waals surface area (Å²) >= 11 is 3.38. The zero-order chi connectivity index (χ0) is 12.5. The van der Waals surface area contributed by atoms with E-state index in [-0.39, 0.29) is 6.04 Å². The van der Waals surface area contributed by atoms with Gasteiger partial charge >= 0.3 is 0 Å². The molecule has 2 heterocycles. The van der Waals surface area contributed by atoms with Crippen molar-refractivity contribution in [3.8, 4) is 5.75 Å². The van der Waals surface area contributed by atoms with Gasteiger partial charge in [0, 0.05) is 4.70 Å². The smallest absolute Gasteiger partial charge is 0.134 e. The molecule has 2 N–H and O–H groups in total. The maximum Gasteiger partial charge on any atom is 0.134 e. The highest BCUT2D eigenvalue weighted by molar-refractivity contribution is 7.17. The third-order valence-electron chi connectivity index (χ3n) is 3.00. The quantitative estimate of drug-likeness (QED) is 0.783. The monoisotopic (exact) mass is 275 g/mol. The summed E-state index contributed by atoms with van der Waals surface area (Å²) in [6, 6.07) is 10.2. The Morgan fingerprint density at radius 1 is 1.11 bits per heavy atom. The van der Waals surface area contributed by atoms with E-state index in [9.17, 15) is 0 Å². The first kappa shape index (κ1) is 11.7. The fourth-order valence-corrected chi connectivity index (χ4v) is 3.94. The van der Waals surface area contributed by atoms with Crippen molar-refractivity contribution < 1.29 is 4.74 Å². The van der Waals surface area contributed by atoms with Crippen LogP contribution in [0.3, 0.4) is 0 Å².